The van der Waals surface area contributed by atoms with Crippen LogP contribution < -0.4 is 0 Å². The quantitative estimate of drug-likeness (QED) is 0.415. The predicted octanol–water partition coefficient (Wildman–Crippen LogP) is 4.30. The van der Waals surface area contributed by atoms with Crippen LogP contribution in [0.2, 0.25) is 0 Å². The van der Waals surface area contributed by atoms with E-state index < -0.39 is 41.1 Å². The number of hydrogen-bond acceptors (Lipinski definition) is 7. The van der Waals surface area contributed by atoms with Gasteiger partial charge in [0.1, 0.15) is 17.4 Å². The highest BCUT2D eigenvalue weighted by atomic mass is 16.7. The number of ether oxygens (including phenoxy) is 3. The van der Waals surface area contributed by atoms with Crippen molar-refractivity contribution in [3.05, 3.63) is 40.8 Å². The number of fused-ring (bicyclic) bond motifs is 5. The molecule has 40 heavy (non-hydrogen) atoms. The zero-order valence-corrected chi connectivity index (χ0v) is 25.6. The third kappa shape index (κ3) is 3.58. The molecule has 2 bridgehead atoms. The molecule has 5 aliphatic rings. The highest BCUT2D eigenvalue weighted by Crippen LogP contribution is 2.73. The molecule has 1 saturated heterocycles. The Hall–Kier alpha value is -2.00. The standard InChI is InChI=1S/C32H46N2O6/c1-16-14-31-17(2)11-20-23(29(20,6)7)19(24(31)35)12-18-15-38-30(8,9)40-26(18)32(31,37)25(16)39-27(36)21-13-22(28(3,4)5)33-34(21)10/h12-14,17,19-20,23-26,35,37H,11,15H2,1-10H3/t17-,19+,20-,23+,24?,25+,26-,31+,32-/m1/s1. The molecule has 1 aromatic rings. The lowest BCUT2D eigenvalue weighted by Gasteiger charge is -2.55. The van der Waals surface area contributed by atoms with Gasteiger partial charge in [0.05, 0.1) is 23.8 Å². The van der Waals surface area contributed by atoms with Crippen LogP contribution in [0, 0.1) is 34.5 Å². The number of aryl methyl sites for hydroxylation is 1. The summed E-state index contributed by atoms with van der Waals surface area (Å²) in [5.74, 6) is -1.06. The molecule has 2 N–H and O–H groups in total. The first-order chi connectivity index (χ1) is 18.4. The molecule has 2 heterocycles. The van der Waals surface area contributed by atoms with Gasteiger partial charge < -0.3 is 24.4 Å². The zero-order chi connectivity index (χ0) is 29.4. The van der Waals surface area contributed by atoms with Gasteiger partial charge in [0.2, 0.25) is 0 Å². The average Bonchev–Trinajstić information content (AvgIpc) is 3.09. The Morgan fingerprint density at radius 2 is 1.90 bits per heavy atom. The van der Waals surface area contributed by atoms with Gasteiger partial charge in [-0.25, -0.2) is 4.79 Å². The molecular formula is C32H46N2O6. The molecule has 4 aliphatic carbocycles. The van der Waals surface area contributed by atoms with Gasteiger partial charge in [-0.2, -0.15) is 5.10 Å². The average molecular weight is 555 g/mol. The molecule has 8 heteroatoms. The van der Waals surface area contributed by atoms with Crippen LogP contribution >= 0.6 is 0 Å². The number of esters is 1. The largest absolute Gasteiger partial charge is 0.450 e. The first kappa shape index (κ1) is 28.1. The van der Waals surface area contributed by atoms with Crippen molar-refractivity contribution in [2.24, 2.45) is 41.5 Å². The van der Waals surface area contributed by atoms with E-state index in [4.69, 9.17) is 14.2 Å². The molecule has 9 atom stereocenters. The molecule has 1 unspecified atom stereocenters. The molecule has 2 saturated carbocycles. The van der Waals surface area contributed by atoms with E-state index in [9.17, 15) is 15.0 Å². The number of nitrogens with zero attached hydrogens (tertiary/aromatic N) is 2. The predicted molar refractivity (Wildman–Crippen MR) is 149 cm³/mol. The molecule has 3 fully saturated rings. The fourth-order valence-electron chi connectivity index (χ4n) is 8.80. The summed E-state index contributed by atoms with van der Waals surface area (Å²) in [4.78, 5) is 13.8. The van der Waals surface area contributed by atoms with Crippen molar-refractivity contribution < 1.29 is 29.2 Å². The first-order valence-corrected chi connectivity index (χ1v) is 14.7. The number of carbonyl (C=O) groups is 1. The smallest absolute Gasteiger partial charge is 0.357 e. The van der Waals surface area contributed by atoms with Gasteiger partial charge in [0.15, 0.2) is 11.9 Å². The Morgan fingerprint density at radius 3 is 2.52 bits per heavy atom. The summed E-state index contributed by atoms with van der Waals surface area (Å²) in [6.07, 6.45) is 2.28. The summed E-state index contributed by atoms with van der Waals surface area (Å²) in [5.41, 5.74) is -0.328. The molecular weight excluding hydrogens is 508 g/mol. The summed E-state index contributed by atoms with van der Waals surface area (Å²) in [6, 6.07) is 1.76. The molecule has 1 aromatic heterocycles. The van der Waals surface area contributed by atoms with Crippen LogP contribution in [0.5, 0.6) is 0 Å². The number of aliphatic hydroxyl groups is 2. The Kier molecular flexibility index (Phi) is 5.84. The van der Waals surface area contributed by atoms with Crippen LogP contribution in [0.3, 0.4) is 0 Å². The third-order valence-electron chi connectivity index (χ3n) is 11.0. The minimum Gasteiger partial charge on any atom is -0.450 e. The molecule has 1 spiro atoms. The topological polar surface area (TPSA) is 103 Å². The van der Waals surface area contributed by atoms with Gasteiger partial charge in [-0.3, -0.25) is 4.68 Å². The van der Waals surface area contributed by atoms with Crippen molar-refractivity contribution in [3.8, 4) is 0 Å². The second kappa shape index (κ2) is 8.30. The van der Waals surface area contributed by atoms with Gasteiger partial charge in [-0.05, 0) is 67.6 Å². The summed E-state index contributed by atoms with van der Waals surface area (Å²) in [7, 11) is 1.73. The third-order valence-corrected chi connectivity index (χ3v) is 11.0. The van der Waals surface area contributed by atoms with Gasteiger partial charge >= 0.3 is 5.97 Å². The van der Waals surface area contributed by atoms with E-state index in [0.29, 0.717) is 11.6 Å². The molecule has 0 aromatic carbocycles. The lowest BCUT2D eigenvalue weighted by Crippen LogP contribution is -2.69. The first-order valence-electron chi connectivity index (χ1n) is 14.7. The Bertz CT molecular complexity index is 1320. The molecule has 6 rings (SSSR count). The normalized spacial score (nSPS) is 42.9. The van der Waals surface area contributed by atoms with Gasteiger partial charge in [0.25, 0.3) is 0 Å². The SMILES string of the molecule is CC1=C[C@]23C(O)[C@@H](C=C4COC(C)(C)O[C@H]4[C@]2(O)[C@H]1OC(=O)c1cc(C(C)(C)C)nn1C)[C@H]1[C@@H](C[C@H]3C)C1(C)C. The fraction of sp³-hybridized carbons (Fsp3) is 0.750. The van der Waals surface area contributed by atoms with Crippen LogP contribution in [0.25, 0.3) is 0 Å². The van der Waals surface area contributed by atoms with E-state index in [2.05, 4.69) is 31.9 Å². The number of aromatic nitrogens is 2. The molecule has 220 valence electrons. The Morgan fingerprint density at radius 1 is 1.23 bits per heavy atom. The zero-order valence-electron chi connectivity index (χ0n) is 25.6. The van der Waals surface area contributed by atoms with E-state index in [1.165, 1.54) is 4.68 Å². The van der Waals surface area contributed by atoms with Crippen molar-refractivity contribution in [1.82, 2.24) is 9.78 Å². The Balaban J connectivity index is 1.48. The minimum atomic E-state index is -1.74. The number of hydrogen-bond donors (Lipinski definition) is 2. The molecule has 0 radical (unpaired) electrons. The van der Waals surface area contributed by atoms with E-state index >= 15 is 0 Å². The lowest BCUT2D eigenvalue weighted by atomic mass is 9.58. The van der Waals surface area contributed by atoms with E-state index in [0.717, 1.165) is 23.3 Å². The van der Waals surface area contributed by atoms with Crippen LogP contribution in [0.1, 0.15) is 84.9 Å². The van der Waals surface area contributed by atoms with E-state index in [1.54, 1.807) is 13.1 Å². The molecule has 0 amide bonds. The van der Waals surface area contributed by atoms with Crippen molar-refractivity contribution in [2.75, 3.05) is 6.61 Å². The van der Waals surface area contributed by atoms with Gasteiger partial charge in [-0.15, -0.1) is 0 Å². The van der Waals surface area contributed by atoms with Crippen molar-refractivity contribution >= 4 is 5.97 Å². The maximum atomic E-state index is 13.8. The Labute approximate surface area is 237 Å². The second-order valence-electron chi connectivity index (χ2n) is 15.3. The number of aliphatic hydroxyl groups excluding tert-OH is 1. The highest BCUT2D eigenvalue weighted by Gasteiger charge is 2.77. The summed E-state index contributed by atoms with van der Waals surface area (Å²) >= 11 is 0. The van der Waals surface area contributed by atoms with E-state index in [1.807, 2.05) is 47.6 Å². The maximum absolute atomic E-state index is 13.8. The second-order valence-corrected chi connectivity index (χ2v) is 15.3. The lowest BCUT2D eigenvalue weighted by molar-refractivity contribution is -0.312. The fourth-order valence-corrected chi connectivity index (χ4v) is 8.80. The van der Waals surface area contributed by atoms with Crippen LogP contribution in [0.15, 0.2) is 29.4 Å². The van der Waals surface area contributed by atoms with Crippen molar-refractivity contribution in [3.63, 3.8) is 0 Å². The highest BCUT2D eigenvalue weighted by molar-refractivity contribution is 5.88. The summed E-state index contributed by atoms with van der Waals surface area (Å²) in [5, 5.41) is 30.1. The number of rotatable bonds is 2. The number of carbonyl (C=O) groups excluding carboxylic acids is 1. The molecule has 8 nitrogen and oxygen atoms in total. The van der Waals surface area contributed by atoms with Crippen molar-refractivity contribution in [1.29, 1.82) is 0 Å². The maximum Gasteiger partial charge on any atom is 0.357 e. The van der Waals surface area contributed by atoms with Crippen LogP contribution in [0.4, 0.5) is 0 Å². The van der Waals surface area contributed by atoms with Crippen LogP contribution in [-0.2, 0) is 26.7 Å². The van der Waals surface area contributed by atoms with Crippen molar-refractivity contribution in [2.45, 2.75) is 104 Å². The van der Waals surface area contributed by atoms with Gasteiger partial charge in [0, 0.05) is 18.4 Å². The molecule has 1 aliphatic heterocycles. The minimum absolute atomic E-state index is 0.0862. The van der Waals surface area contributed by atoms with Crippen LogP contribution in [-0.4, -0.2) is 62.3 Å². The summed E-state index contributed by atoms with van der Waals surface area (Å²) < 4.78 is 20.5. The van der Waals surface area contributed by atoms with Gasteiger partial charge in [-0.1, -0.05) is 53.7 Å². The van der Waals surface area contributed by atoms with E-state index in [-0.39, 0.29) is 35.2 Å². The monoisotopic (exact) mass is 554 g/mol. The summed E-state index contributed by atoms with van der Waals surface area (Å²) in [6.45, 7) is 18.7.